The van der Waals surface area contributed by atoms with Crippen LogP contribution in [0.2, 0.25) is 0 Å². The van der Waals surface area contributed by atoms with Crippen LogP contribution in [-0.2, 0) is 10.8 Å². The molecule has 0 spiro atoms. The third kappa shape index (κ3) is 5.65. The van der Waals surface area contributed by atoms with Crippen molar-refractivity contribution in [2.75, 3.05) is 0 Å². The zero-order valence-electron chi connectivity index (χ0n) is 33.2. The highest BCUT2D eigenvalue weighted by Crippen LogP contribution is 2.41. The summed E-state index contributed by atoms with van der Waals surface area (Å²) in [5.74, 6) is 0.475. The maximum absolute atomic E-state index is 4.66. The Balaban J connectivity index is 0.878. The van der Waals surface area contributed by atoms with Gasteiger partial charge in [0.25, 0.3) is 0 Å². The summed E-state index contributed by atoms with van der Waals surface area (Å²) in [6.45, 7) is 11.6. The zero-order chi connectivity index (χ0) is 38.9. The second-order valence-corrected chi connectivity index (χ2v) is 16.8. The Morgan fingerprint density at radius 2 is 1.00 bits per heavy atom. The molecule has 0 radical (unpaired) electrons. The number of hydrogen-bond acceptors (Lipinski definition) is 2. The monoisotopic (exact) mass is 738 g/mol. The highest BCUT2D eigenvalue weighted by atomic mass is 15.1. The molecule has 3 heterocycles. The van der Waals surface area contributed by atoms with E-state index in [0.717, 1.165) is 34.0 Å². The van der Waals surface area contributed by atoms with Gasteiger partial charge in [0.05, 0.1) is 11.0 Å². The number of nitrogens with zero attached hydrogens (tertiary/aromatic N) is 4. The van der Waals surface area contributed by atoms with Gasteiger partial charge in [-0.15, -0.1) is 0 Å². The predicted octanol–water partition coefficient (Wildman–Crippen LogP) is 13.4. The van der Waals surface area contributed by atoms with Gasteiger partial charge < -0.3 is 4.57 Å². The highest BCUT2D eigenvalue weighted by molar-refractivity contribution is 6.07. The molecule has 1 aliphatic carbocycles. The summed E-state index contributed by atoms with van der Waals surface area (Å²) in [6, 6.07) is 53.7. The van der Waals surface area contributed by atoms with E-state index in [-0.39, 0.29) is 10.8 Å². The third-order valence-corrected chi connectivity index (χ3v) is 12.8. The van der Waals surface area contributed by atoms with Gasteiger partial charge in [0.2, 0.25) is 0 Å². The molecule has 1 unspecified atom stereocenters. The van der Waals surface area contributed by atoms with Crippen molar-refractivity contribution in [3.8, 4) is 22.5 Å². The SMILES string of the molecule is CC1CC=Cc2c1n(-c1ccc(C(C)(C)c3ccc(-c4ccc(C(C)(C)c5ccc(-n6c7ccccc7c7cncnc76)cc5)cc4)cc3)cc1)c1ccccc21. The van der Waals surface area contributed by atoms with Gasteiger partial charge in [0.1, 0.15) is 12.0 Å². The molecule has 0 saturated carbocycles. The molecule has 0 amide bonds. The van der Waals surface area contributed by atoms with Crippen LogP contribution in [0.5, 0.6) is 0 Å². The van der Waals surface area contributed by atoms with E-state index in [1.807, 2.05) is 6.20 Å². The molecular formula is C53H46N4. The summed E-state index contributed by atoms with van der Waals surface area (Å²) >= 11 is 0. The van der Waals surface area contributed by atoms with Crippen LogP contribution in [0.4, 0.5) is 0 Å². The van der Waals surface area contributed by atoms with Crippen LogP contribution >= 0.6 is 0 Å². The van der Waals surface area contributed by atoms with Gasteiger partial charge in [0, 0.05) is 61.7 Å². The fourth-order valence-corrected chi connectivity index (χ4v) is 9.23. The van der Waals surface area contributed by atoms with Crippen LogP contribution in [-0.4, -0.2) is 19.1 Å². The predicted molar refractivity (Wildman–Crippen MR) is 238 cm³/mol. The smallest absolute Gasteiger partial charge is 0.148 e. The van der Waals surface area contributed by atoms with Gasteiger partial charge in [-0.2, -0.15) is 0 Å². The van der Waals surface area contributed by atoms with E-state index in [2.05, 4.69) is 211 Å². The number of rotatable bonds is 7. The Hall–Kier alpha value is -6.52. The highest BCUT2D eigenvalue weighted by Gasteiger charge is 2.27. The van der Waals surface area contributed by atoms with Gasteiger partial charge >= 0.3 is 0 Å². The molecule has 0 N–H and O–H groups in total. The summed E-state index contributed by atoms with van der Waals surface area (Å²) in [5, 5.41) is 3.56. The maximum atomic E-state index is 4.66. The number of allylic oxidation sites excluding steroid dienone is 1. The molecule has 1 aliphatic rings. The quantitative estimate of drug-likeness (QED) is 0.163. The molecule has 3 aromatic heterocycles. The lowest BCUT2D eigenvalue weighted by atomic mass is 9.77. The number of hydrogen-bond donors (Lipinski definition) is 0. The molecule has 0 saturated heterocycles. The van der Waals surface area contributed by atoms with E-state index in [4.69, 9.17) is 0 Å². The van der Waals surface area contributed by atoms with E-state index < -0.39 is 0 Å². The molecule has 4 heteroatoms. The number of para-hydroxylation sites is 2. The number of benzene rings is 6. The molecule has 0 bridgehead atoms. The van der Waals surface area contributed by atoms with Crippen LogP contribution in [0, 0.1) is 0 Å². The molecule has 6 aromatic carbocycles. The number of fused-ring (bicyclic) bond motifs is 6. The Bertz CT molecular complexity index is 2900. The van der Waals surface area contributed by atoms with E-state index in [0.29, 0.717) is 5.92 Å². The van der Waals surface area contributed by atoms with Gasteiger partial charge in [-0.1, -0.05) is 156 Å². The average Bonchev–Trinajstić information content (AvgIpc) is 3.78. The van der Waals surface area contributed by atoms with Crippen molar-refractivity contribution < 1.29 is 0 Å². The maximum Gasteiger partial charge on any atom is 0.148 e. The minimum absolute atomic E-state index is 0.149. The van der Waals surface area contributed by atoms with E-state index in [1.165, 1.54) is 61.2 Å². The van der Waals surface area contributed by atoms with Crippen LogP contribution in [0.1, 0.15) is 80.5 Å². The summed E-state index contributed by atoms with van der Waals surface area (Å²) < 4.78 is 4.72. The first kappa shape index (κ1) is 34.9. The average molecular weight is 739 g/mol. The van der Waals surface area contributed by atoms with Gasteiger partial charge in [0.15, 0.2) is 0 Å². The Kier molecular flexibility index (Phi) is 8.16. The van der Waals surface area contributed by atoms with Gasteiger partial charge in [-0.05, 0) is 76.2 Å². The first-order valence-electron chi connectivity index (χ1n) is 20.1. The molecule has 0 fully saturated rings. The van der Waals surface area contributed by atoms with Crippen molar-refractivity contribution in [1.29, 1.82) is 0 Å². The molecule has 57 heavy (non-hydrogen) atoms. The lowest BCUT2D eigenvalue weighted by Crippen LogP contribution is -2.19. The summed E-state index contributed by atoms with van der Waals surface area (Å²) in [5.41, 5.74) is 15.7. The first-order chi connectivity index (χ1) is 27.7. The molecule has 278 valence electrons. The third-order valence-electron chi connectivity index (χ3n) is 12.8. The van der Waals surface area contributed by atoms with E-state index in [1.54, 1.807) is 6.33 Å². The van der Waals surface area contributed by atoms with Crippen LogP contribution < -0.4 is 0 Å². The van der Waals surface area contributed by atoms with Crippen molar-refractivity contribution in [3.05, 3.63) is 198 Å². The molecule has 1 atom stereocenters. The van der Waals surface area contributed by atoms with Crippen LogP contribution in [0.25, 0.3) is 61.4 Å². The molecular weight excluding hydrogens is 693 g/mol. The van der Waals surface area contributed by atoms with Crippen molar-refractivity contribution in [3.63, 3.8) is 0 Å². The zero-order valence-corrected chi connectivity index (χ0v) is 33.2. The Labute approximate surface area is 334 Å². The second kappa shape index (κ2) is 13.3. The lowest BCUT2D eigenvalue weighted by Gasteiger charge is -2.27. The Morgan fingerprint density at radius 3 is 1.56 bits per heavy atom. The standard InChI is InChI=1S/C53H46N4/c1-35-11-10-14-46-44-12-6-8-15-48(44)56(50(35)46)42-29-25-40(26-30-42)52(2,3)38-21-17-36(18-22-38)37-19-23-39(24-20-37)53(4,5)41-27-31-43(32-28-41)57-49-16-9-7-13-45(49)47-33-54-34-55-51(47)57/h6-10,12-35H,11H2,1-5H3. The molecule has 0 aliphatic heterocycles. The van der Waals surface area contributed by atoms with Gasteiger partial charge in [-0.3, -0.25) is 4.57 Å². The largest absolute Gasteiger partial charge is 0.313 e. The summed E-state index contributed by atoms with van der Waals surface area (Å²) in [6.07, 6.45) is 9.25. The van der Waals surface area contributed by atoms with E-state index >= 15 is 0 Å². The molecule has 4 nitrogen and oxygen atoms in total. The normalized spacial score (nSPS) is 14.4. The lowest BCUT2D eigenvalue weighted by molar-refractivity contribution is 0.640. The molecule has 9 aromatic rings. The van der Waals surface area contributed by atoms with E-state index in [9.17, 15) is 0 Å². The van der Waals surface area contributed by atoms with Crippen molar-refractivity contribution in [1.82, 2.24) is 19.1 Å². The van der Waals surface area contributed by atoms with Crippen molar-refractivity contribution >= 4 is 38.9 Å². The first-order valence-corrected chi connectivity index (χ1v) is 20.1. The minimum atomic E-state index is -0.174. The fourth-order valence-electron chi connectivity index (χ4n) is 9.23. The minimum Gasteiger partial charge on any atom is -0.313 e. The summed E-state index contributed by atoms with van der Waals surface area (Å²) in [4.78, 5) is 8.96. The number of aromatic nitrogens is 4. The fraction of sp³-hybridized carbons (Fsp3) is 0.170. The molecule has 10 rings (SSSR count). The summed E-state index contributed by atoms with van der Waals surface area (Å²) in [7, 11) is 0. The van der Waals surface area contributed by atoms with Crippen LogP contribution in [0.3, 0.4) is 0 Å². The Morgan fingerprint density at radius 1 is 0.526 bits per heavy atom. The van der Waals surface area contributed by atoms with Crippen molar-refractivity contribution in [2.45, 2.75) is 57.8 Å². The van der Waals surface area contributed by atoms with Gasteiger partial charge in [-0.25, -0.2) is 9.97 Å². The van der Waals surface area contributed by atoms with Crippen molar-refractivity contribution in [2.24, 2.45) is 0 Å². The van der Waals surface area contributed by atoms with Crippen LogP contribution in [0.15, 0.2) is 164 Å². The topological polar surface area (TPSA) is 35.6 Å². The second-order valence-electron chi connectivity index (χ2n) is 16.8.